The van der Waals surface area contributed by atoms with Gasteiger partial charge in [-0.2, -0.15) is 0 Å². The Labute approximate surface area is 79.5 Å². The monoisotopic (exact) mass is 198 g/mol. The highest BCUT2D eigenvalue weighted by Crippen LogP contribution is 2.15. The lowest BCUT2D eigenvalue weighted by atomic mass is 10.1. The highest BCUT2D eigenvalue weighted by atomic mass is 35.5. The number of halogens is 1. The van der Waals surface area contributed by atoms with E-state index in [1.165, 1.54) is 18.2 Å². The van der Waals surface area contributed by atoms with Gasteiger partial charge in [0.1, 0.15) is 0 Å². The first-order valence-corrected chi connectivity index (χ1v) is 3.79. The first kappa shape index (κ1) is 9.54. The van der Waals surface area contributed by atoms with Crippen LogP contribution < -0.4 is 11.5 Å². The van der Waals surface area contributed by atoms with Crippen LogP contribution in [0.4, 0.5) is 0 Å². The Kier molecular flexibility index (Phi) is 2.53. The van der Waals surface area contributed by atoms with Gasteiger partial charge in [-0.25, -0.2) is 0 Å². The van der Waals surface area contributed by atoms with Crippen LogP contribution in [-0.2, 0) is 0 Å². The molecule has 0 atom stereocenters. The Bertz CT molecular complexity index is 376. The third-order valence-corrected chi connectivity index (χ3v) is 1.75. The average molecular weight is 199 g/mol. The number of nitrogens with two attached hydrogens (primary N) is 2. The van der Waals surface area contributed by atoms with Gasteiger partial charge in [0.15, 0.2) is 0 Å². The predicted molar refractivity (Wildman–Crippen MR) is 48.5 cm³/mol. The van der Waals surface area contributed by atoms with Gasteiger partial charge in [-0.15, -0.1) is 0 Å². The van der Waals surface area contributed by atoms with Crippen LogP contribution in [0.25, 0.3) is 0 Å². The van der Waals surface area contributed by atoms with Crippen LogP contribution in [0.2, 0.25) is 5.02 Å². The second kappa shape index (κ2) is 3.45. The van der Waals surface area contributed by atoms with E-state index >= 15 is 0 Å². The average Bonchev–Trinajstić information content (AvgIpc) is 2.03. The maximum absolute atomic E-state index is 10.8. The van der Waals surface area contributed by atoms with Gasteiger partial charge >= 0.3 is 0 Å². The number of rotatable bonds is 2. The highest BCUT2D eigenvalue weighted by molar-refractivity contribution is 6.31. The second-order valence-corrected chi connectivity index (χ2v) is 2.85. The van der Waals surface area contributed by atoms with Gasteiger partial charge in [0.2, 0.25) is 11.8 Å². The van der Waals surface area contributed by atoms with E-state index in [-0.39, 0.29) is 11.1 Å². The molecular weight excluding hydrogens is 192 g/mol. The molecule has 1 aromatic carbocycles. The smallest absolute Gasteiger partial charge is 0.249 e. The van der Waals surface area contributed by atoms with E-state index in [4.69, 9.17) is 23.1 Å². The molecule has 0 unspecified atom stereocenters. The Morgan fingerprint density at radius 3 is 2.08 bits per heavy atom. The van der Waals surface area contributed by atoms with E-state index in [2.05, 4.69) is 0 Å². The minimum absolute atomic E-state index is 0.0417. The lowest BCUT2D eigenvalue weighted by Crippen LogP contribution is -2.20. The van der Waals surface area contributed by atoms with Crippen molar-refractivity contribution in [3.63, 3.8) is 0 Å². The Balaban J connectivity index is 3.35. The Morgan fingerprint density at radius 1 is 1.08 bits per heavy atom. The maximum Gasteiger partial charge on any atom is 0.249 e. The van der Waals surface area contributed by atoms with Gasteiger partial charge in [-0.05, 0) is 18.2 Å². The summed E-state index contributed by atoms with van der Waals surface area (Å²) in [5, 5.41) is 0.332. The van der Waals surface area contributed by atoms with Gasteiger partial charge in [-0.1, -0.05) is 11.6 Å². The van der Waals surface area contributed by atoms with E-state index in [0.717, 1.165) is 0 Å². The molecule has 0 bridgehead atoms. The van der Waals surface area contributed by atoms with Gasteiger partial charge in [0, 0.05) is 5.02 Å². The zero-order chi connectivity index (χ0) is 10.0. The number of carbonyl (C=O) groups is 2. The van der Waals surface area contributed by atoms with Gasteiger partial charge < -0.3 is 11.5 Å². The van der Waals surface area contributed by atoms with Crippen molar-refractivity contribution in [1.29, 1.82) is 0 Å². The largest absolute Gasteiger partial charge is 0.366 e. The molecule has 0 aliphatic carbocycles. The fourth-order valence-corrected chi connectivity index (χ4v) is 1.11. The molecule has 4 N–H and O–H groups in total. The molecule has 0 aliphatic rings. The molecule has 0 spiro atoms. The molecule has 1 aromatic rings. The third-order valence-electron chi connectivity index (χ3n) is 1.51. The number of carbonyl (C=O) groups excluding carboxylic acids is 2. The van der Waals surface area contributed by atoms with Crippen molar-refractivity contribution < 1.29 is 9.59 Å². The molecule has 0 saturated carbocycles. The van der Waals surface area contributed by atoms with Crippen LogP contribution in [-0.4, -0.2) is 11.8 Å². The fraction of sp³-hybridized carbons (Fsp3) is 0. The third kappa shape index (κ3) is 1.97. The van der Waals surface area contributed by atoms with Crippen LogP contribution >= 0.6 is 11.6 Å². The predicted octanol–water partition coefficient (Wildman–Crippen LogP) is 0.538. The molecule has 68 valence electrons. The summed E-state index contributed by atoms with van der Waals surface area (Å²) in [5.41, 5.74) is 10.2. The minimum Gasteiger partial charge on any atom is -0.366 e. The first-order valence-electron chi connectivity index (χ1n) is 3.41. The molecule has 0 aromatic heterocycles. The molecular formula is C8H7ClN2O2. The Hall–Kier alpha value is -1.55. The molecule has 0 heterocycles. The molecule has 0 saturated heterocycles. The summed E-state index contributed by atoms with van der Waals surface area (Å²) >= 11 is 5.61. The molecule has 2 amide bonds. The normalized spacial score (nSPS) is 9.62. The maximum atomic E-state index is 10.8. The molecule has 4 nitrogen and oxygen atoms in total. The fourth-order valence-electron chi connectivity index (χ4n) is 0.935. The number of benzene rings is 1. The van der Waals surface area contributed by atoms with Crippen molar-refractivity contribution in [3.8, 4) is 0 Å². The van der Waals surface area contributed by atoms with Crippen LogP contribution in [0.1, 0.15) is 20.7 Å². The van der Waals surface area contributed by atoms with Crippen LogP contribution in [0, 0.1) is 0 Å². The van der Waals surface area contributed by atoms with E-state index in [0.29, 0.717) is 5.02 Å². The van der Waals surface area contributed by atoms with Crippen molar-refractivity contribution >= 4 is 23.4 Å². The summed E-state index contributed by atoms with van der Waals surface area (Å²) in [7, 11) is 0. The van der Waals surface area contributed by atoms with E-state index in [1.807, 2.05) is 0 Å². The lowest BCUT2D eigenvalue weighted by Gasteiger charge is -2.02. The van der Waals surface area contributed by atoms with Crippen molar-refractivity contribution in [2.45, 2.75) is 0 Å². The summed E-state index contributed by atoms with van der Waals surface area (Å²) in [6, 6.07) is 4.14. The molecule has 0 fully saturated rings. The zero-order valence-electron chi connectivity index (χ0n) is 6.58. The number of hydrogen-bond donors (Lipinski definition) is 2. The number of primary amides is 2. The first-order chi connectivity index (χ1) is 6.02. The summed E-state index contributed by atoms with van der Waals surface area (Å²) in [5.74, 6) is -1.43. The van der Waals surface area contributed by atoms with Crippen LogP contribution in [0.15, 0.2) is 18.2 Å². The van der Waals surface area contributed by atoms with E-state index in [1.54, 1.807) is 0 Å². The molecule has 0 aliphatic heterocycles. The number of amides is 2. The molecule has 13 heavy (non-hydrogen) atoms. The molecule has 1 rings (SSSR count). The van der Waals surface area contributed by atoms with Crippen molar-refractivity contribution in [2.75, 3.05) is 0 Å². The quantitative estimate of drug-likeness (QED) is 0.727. The van der Waals surface area contributed by atoms with Crippen molar-refractivity contribution in [3.05, 3.63) is 34.3 Å². The molecule has 0 radical (unpaired) electrons. The summed E-state index contributed by atoms with van der Waals surface area (Å²) in [6.45, 7) is 0. The topological polar surface area (TPSA) is 86.2 Å². The lowest BCUT2D eigenvalue weighted by molar-refractivity contribution is 0.0967. The van der Waals surface area contributed by atoms with Crippen LogP contribution in [0.5, 0.6) is 0 Å². The van der Waals surface area contributed by atoms with Crippen molar-refractivity contribution in [2.24, 2.45) is 11.5 Å². The minimum atomic E-state index is -0.726. The van der Waals surface area contributed by atoms with Gasteiger partial charge in [-0.3, -0.25) is 9.59 Å². The second-order valence-electron chi connectivity index (χ2n) is 2.42. The van der Waals surface area contributed by atoms with E-state index < -0.39 is 11.8 Å². The standard InChI is InChI=1S/C8H7ClN2O2/c9-4-1-2-5(7(10)12)6(3-4)8(11)13/h1-3H,(H2,10,12)(H2,11,13). The SMILES string of the molecule is NC(=O)c1ccc(Cl)cc1C(N)=O. The zero-order valence-corrected chi connectivity index (χ0v) is 7.34. The molecule has 5 heteroatoms. The Morgan fingerprint density at radius 2 is 1.62 bits per heavy atom. The summed E-state index contributed by atoms with van der Waals surface area (Å²) in [6.07, 6.45) is 0. The van der Waals surface area contributed by atoms with E-state index in [9.17, 15) is 9.59 Å². The van der Waals surface area contributed by atoms with Crippen LogP contribution in [0.3, 0.4) is 0 Å². The highest BCUT2D eigenvalue weighted by Gasteiger charge is 2.12. The van der Waals surface area contributed by atoms with Crippen molar-refractivity contribution in [1.82, 2.24) is 0 Å². The van der Waals surface area contributed by atoms with Gasteiger partial charge in [0.05, 0.1) is 11.1 Å². The van der Waals surface area contributed by atoms with Gasteiger partial charge in [0.25, 0.3) is 0 Å². The number of hydrogen-bond acceptors (Lipinski definition) is 2. The summed E-state index contributed by atoms with van der Waals surface area (Å²) < 4.78 is 0. The summed E-state index contributed by atoms with van der Waals surface area (Å²) in [4.78, 5) is 21.6.